The molecule has 0 amide bonds. The third kappa shape index (κ3) is 3.73. The minimum Gasteiger partial charge on any atom is -0.302 e. The summed E-state index contributed by atoms with van der Waals surface area (Å²) in [5, 5.41) is 11.3. The second kappa shape index (κ2) is 7.42. The van der Waals surface area contributed by atoms with Gasteiger partial charge in [-0.15, -0.1) is 21.5 Å². The lowest BCUT2D eigenvalue weighted by molar-refractivity contribution is 0.102. The number of Topliss-reactive ketones (excluding diaryl/α,β-unsaturated/α-hetero) is 1. The Morgan fingerprint density at radius 1 is 1.26 bits per heavy atom. The summed E-state index contributed by atoms with van der Waals surface area (Å²) in [6, 6.07) is 11.4. The summed E-state index contributed by atoms with van der Waals surface area (Å²) in [4.78, 5) is 13.4. The van der Waals surface area contributed by atoms with Crippen LogP contribution in [0.3, 0.4) is 0 Å². The van der Waals surface area contributed by atoms with Gasteiger partial charge in [-0.1, -0.05) is 45.9 Å². The molecule has 3 aromatic rings. The Balaban J connectivity index is 1.73. The predicted molar refractivity (Wildman–Crippen MR) is 98.2 cm³/mol. The molecule has 0 aliphatic heterocycles. The lowest BCUT2D eigenvalue weighted by atomic mass is 10.2. The molecule has 4 nitrogen and oxygen atoms in total. The molecule has 0 unspecified atom stereocenters. The van der Waals surface area contributed by atoms with Crippen LogP contribution in [-0.2, 0) is 6.54 Å². The van der Waals surface area contributed by atoms with Gasteiger partial charge in [0.05, 0.1) is 10.6 Å². The Morgan fingerprint density at radius 2 is 2.04 bits per heavy atom. The Kier molecular flexibility index (Phi) is 5.30. The first kappa shape index (κ1) is 16.4. The number of halogens is 1. The average molecular weight is 408 g/mol. The van der Waals surface area contributed by atoms with Crippen molar-refractivity contribution in [3.05, 3.63) is 51.8 Å². The molecule has 0 N–H and O–H groups in total. The molecule has 118 valence electrons. The fourth-order valence-electron chi connectivity index (χ4n) is 2.12. The predicted octanol–water partition coefficient (Wildman–Crippen LogP) is 4.76. The molecule has 0 bridgehead atoms. The van der Waals surface area contributed by atoms with Crippen LogP contribution in [0.4, 0.5) is 0 Å². The number of thioether (sulfide) groups is 1. The maximum atomic E-state index is 12.3. The standard InChI is InChI=1S/C16H14BrN3OS2/c1-2-20-15(14-4-3-9-22-14)18-19-16(20)23-10-13(21)11-5-7-12(17)8-6-11/h3-9H,2,10H2,1H3. The Morgan fingerprint density at radius 3 is 2.70 bits per heavy atom. The van der Waals surface area contributed by atoms with Crippen LogP contribution in [-0.4, -0.2) is 26.3 Å². The summed E-state index contributed by atoms with van der Waals surface area (Å²) in [7, 11) is 0. The van der Waals surface area contributed by atoms with Crippen molar-refractivity contribution in [1.82, 2.24) is 14.8 Å². The summed E-state index contributed by atoms with van der Waals surface area (Å²) in [6.45, 7) is 2.83. The third-order valence-corrected chi connectivity index (χ3v) is 5.63. The highest BCUT2D eigenvalue weighted by molar-refractivity contribution is 9.10. The summed E-state index contributed by atoms with van der Waals surface area (Å²) in [5.41, 5.74) is 0.710. The minimum absolute atomic E-state index is 0.0887. The minimum atomic E-state index is 0.0887. The van der Waals surface area contributed by atoms with Crippen molar-refractivity contribution >= 4 is 44.8 Å². The molecular weight excluding hydrogens is 394 g/mol. The smallest absolute Gasteiger partial charge is 0.191 e. The van der Waals surface area contributed by atoms with Crippen LogP contribution in [0.5, 0.6) is 0 Å². The number of thiophene rings is 1. The van der Waals surface area contributed by atoms with Crippen molar-refractivity contribution in [2.24, 2.45) is 0 Å². The average Bonchev–Trinajstić information content (AvgIpc) is 3.22. The monoisotopic (exact) mass is 407 g/mol. The summed E-state index contributed by atoms with van der Waals surface area (Å²) in [5.74, 6) is 1.30. The van der Waals surface area contributed by atoms with E-state index in [1.807, 2.05) is 46.3 Å². The zero-order chi connectivity index (χ0) is 16.2. The maximum Gasteiger partial charge on any atom is 0.191 e. The lowest BCUT2D eigenvalue weighted by Crippen LogP contribution is -2.05. The van der Waals surface area contributed by atoms with Crippen LogP contribution < -0.4 is 0 Å². The normalized spacial score (nSPS) is 10.9. The molecule has 0 radical (unpaired) electrons. The van der Waals surface area contributed by atoms with E-state index in [1.165, 1.54) is 11.8 Å². The van der Waals surface area contributed by atoms with Gasteiger partial charge in [0.1, 0.15) is 0 Å². The van der Waals surface area contributed by atoms with Crippen molar-refractivity contribution in [1.29, 1.82) is 0 Å². The number of aromatic nitrogens is 3. The van der Waals surface area contributed by atoms with Gasteiger partial charge in [-0.3, -0.25) is 4.79 Å². The van der Waals surface area contributed by atoms with Gasteiger partial charge in [0.15, 0.2) is 16.8 Å². The first-order chi connectivity index (χ1) is 11.2. The molecule has 23 heavy (non-hydrogen) atoms. The highest BCUT2D eigenvalue weighted by atomic mass is 79.9. The topological polar surface area (TPSA) is 47.8 Å². The van der Waals surface area contributed by atoms with Crippen molar-refractivity contribution in [3.63, 3.8) is 0 Å². The second-order valence-corrected chi connectivity index (χ2v) is 7.55. The van der Waals surface area contributed by atoms with Gasteiger partial charge >= 0.3 is 0 Å². The maximum absolute atomic E-state index is 12.3. The van der Waals surface area contributed by atoms with E-state index < -0.39 is 0 Å². The van der Waals surface area contributed by atoms with Crippen molar-refractivity contribution in [2.45, 2.75) is 18.6 Å². The highest BCUT2D eigenvalue weighted by Crippen LogP contribution is 2.27. The fourth-order valence-corrected chi connectivity index (χ4v) is 4.00. The molecule has 2 heterocycles. The molecular formula is C16H14BrN3OS2. The number of hydrogen-bond acceptors (Lipinski definition) is 5. The number of ketones is 1. The van der Waals surface area contributed by atoms with Crippen LogP contribution in [0.2, 0.25) is 0 Å². The molecule has 0 saturated heterocycles. The number of benzene rings is 1. The first-order valence-electron chi connectivity index (χ1n) is 7.07. The SMILES string of the molecule is CCn1c(SCC(=O)c2ccc(Br)cc2)nnc1-c1cccs1. The van der Waals surface area contributed by atoms with E-state index in [2.05, 4.69) is 33.1 Å². The van der Waals surface area contributed by atoms with E-state index in [1.54, 1.807) is 11.3 Å². The molecule has 0 fully saturated rings. The zero-order valence-electron chi connectivity index (χ0n) is 12.4. The van der Waals surface area contributed by atoms with Crippen molar-refractivity contribution in [2.75, 3.05) is 5.75 Å². The fraction of sp³-hybridized carbons (Fsp3) is 0.188. The van der Waals surface area contributed by atoms with Gasteiger partial charge in [0.2, 0.25) is 0 Å². The number of hydrogen-bond donors (Lipinski definition) is 0. The lowest BCUT2D eigenvalue weighted by Gasteiger charge is -2.06. The quantitative estimate of drug-likeness (QED) is 0.436. The molecule has 7 heteroatoms. The molecule has 1 aromatic carbocycles. The first-order valence-corrected chi connectivity index (χ1v) is 9.73. The van der Waals surface area contributed by atoms with Gasteiger partial charge in [-0.05, 0) is 30.5 Å². The molecule has 0 saturated carbocycles. The van der Waals surface area contributed by atoms with Gasteiger partial charge in [0, 0.05) is 16.6 Å². The Hall–Kier alpha value is -1.44. The van der Waals surface area contributed by atoms with Crippen LogP contribution in [0, 0.1) is 0 Å². The van der Waals surface area contributed by atoms with Crippen LogP contribution >= 0.6 is 39.0 Å². The molecule has 2 aromatic heterocycles. The largest absolute Gasteiger partial charge is 0.302 e. The molecule has 3 rings (SSSR count). The zero-order valence-corrected chi connectivity index (χ0v) is 15.6. The number of nitrogens with zero attached hydrogens (tertiary/aromatic N) is 3. The molecule has 0 atom stereocenters. The summed E-state index contributed by atoms with van der Waals surface area (Å²) in [6.07, 6.45) is 0. The van der Waals surface area contributed by atoms with E-state index in [-0.39, 0.29) is 5.78 Å². The molecule has 0 spiro atoms. The number of carbonyl (C=O) groups excluding carboxylic acids is 1. The molecule has 0 aliphatic carbocycles. The van der Waals surface area contributed by atoms with E-state index in [0.717, 1.165) is 26.9 Å². The third-order valence-electron chi connectivity index (χ3n) is 3.27. The summed E-state index contributed by atoms with van der Waals surface area (Å²) < 4.78 is 3.01. The van der Waals surface area contributed by atoms with Gasteiger partial charge in [-0.25, -0.2) is 0 Å². The van der Waals surface area contributed by atoms with E-state index in [4.69, 9.17) is 0 Å². The Bertz CT molecular complexity index is 797. The van der Waals surface area contributed by atoms with E-state index >= 15 is 0 Å². The van der Waals surface area contributed by atoms with Gasteiger partial charge in [0.25, 0.3) is 0 Å². The summed E-state index contributed by atoms with van der Waals surface area (Å²) >= 11 is 6.44. The van der Waals surface area contributed by atoms with Crippen LogP contribution in [0.15, 0.2) is 51.4 Å². The highest BCUT2D eigenvalue weighted by Gasteiger charge is 2.15. The van der Waals surface area contributed by atoms with E-state index in [0.29, 0.717) is 11.3 Å². The van der Waals surface area contributed by atoms with E-state index in [9.17, 15) is 4.79 Å². The molecule has 0 aliphatic rings. The van der Waals surface area contributed by atoms with Crippen LogP contribution in [0.1, 0.15) is 17.3 Å². The Labute approximate surface area is 151 Å². The number of carbonyl (C=O) groups is 1. The van der Waals surface area contributed by atoms with Crippen molar-refractivity contribution < 1.29 is 4.79 Å². The van der Waals surface area contributed by atoms with Gasteiger partial charge in [-0.2, -0.15) is 0 Å². The second-order valence-electron chi connectivity index (χ2n) is 4.75. The van der Waals surface area contributed by atoms with Gasteiger partial charge < -0.3 is 4.57 Å². The number of rotatable bonds is 6. The van der Waals surface area contributed by atoms with Crippen LogP contribution in [0.25, 0.3) is 10.7 Å². The van der Waals surface area contributed by atoms with Crippen molar-refractivity contribution in [3.8, 4) is 10.7 Å².